The lowest BCUT2D eigenvalue weighted by molar-refractivity contribution is -0.124. The van der Waals surface area contributed by atoms with Gasteiger partial charge in [0.25, 0.3) is 0 Å². The average Bonchev–Trinajstić information content (AvgIpc) is 3.73. The topological polar surface area (TPSA) is 190 Å². The molecule has 0 fully saturated rings. The van der Waals surface area contributed by atoms with Gasteiger partial charge in [-0.3, -0.25) is 19.2 Å². The molecule has 290 valence electrons. The highest BCUT2D eigenvalue weighted by Crippen LogP contribution is 2.56. The molecule has 0 radical (unpaired) electrons. The minimum Gasteiger partial charge on any atom is -0.507 e. The van der Waals surface area contributed by atoms with E-state index in [2.05, 4.69) is 15.6 Å². The molecule has 15 nitrogen and oxygen atoms in total. The lowest BCUT2D eigenvalue weighted by atomic mass is 9.69. The number of ether oxygens (including phenoxy) is 7. The molecule has 17 heteroatoms. The molecule has 1 aromatic heterocycles. The summed E-state index contributed by atoms with van der Waals surface area (Å²) in [7, 11) is 8.50. The molecule has 1 aliphatic carbocycles. The molecular weight excluding hydrogens is 758 g/mol. The van der Waals surface area contributed by atoms with Crippen LogP contribution in [-0.4, -0.2) is 88.3 Å². The first-order chi connectivity index (χ1) is 26.3. The number of carbonyl (C=O) groups is 4. The van der Waals surface area contributed by atoms with Crippen molar-refractivity contribution in [1.29, 1.82) is 0 Å². The zero-order chi connectivity index (χ0) is 39.8. The Hall–Kier alpha value is -5.74. The Kier molecular flexibility index (Phi) is 11.0. The van der Waals surface area contributed by atoms with Crippen LogP contribution in [0.5, 0.6) is 40.2 Å². The molecule has 3 atom stereocenters. The fraction of sp³-hybridized carbons (Fsp3) is 0.342. The Morgan fingerprint density at radius 3 is 2.24 bits per heavy atom. The summed E-state index contributed by atoms with van der Waals surface area (Å²) < 4.78 is 39.8. The van der Waals surface area contributed by atoms with E-state index >= 15 is 0 Å². The number of aliphatic hydroxyl groups excluding tert-OH is 1. The molecule has 1 aliphatic heterocycles. The number of methoxy groups -OCH3 is 6. The molecule has 2 aliphatic rings. The summed E-state index contributed by atoms with van der Waals surface area (Å²) in [4.78, 5) is 59.7. The highest BCUT2D eigenvalue weighted by Gasteiger charge is 2.61. The van der Waals surface area contributed by atoms with Gasteiger partial charge in [-0.25, -0.2) is 4.98 Å². The molecule has 3 N–H and O–H groups in total. The van der Waals surface area contributed by atoms with Crippen molar-refractivity contribution in [3.05, 3.63) is 63.9 Å². The van der Waals surface area contributed by atoms with Gasteiger partial charge in [0, 0.05) is 36.3 Å². The molecule has 1 spiro atoms. The maximum atomic E-state index is 14.5. The Labute approximate surface area is 324 Å². The second kappa shape index (κ2) is 15.5. The number of aromatic nitrogens is 1. The van der Waals surface area contributed by atoms with Gasteiger partial charge in [0.15, 0.2) is 33.9 Å². The van der Waals surface area contributed by atoms with E-state index in [-0.39, 0.29) is 57.1 Å². The summed E-state index contributed by atoms with van der Waals surface area (Å²) in [6.07, 6.45) is -0.726. The van der Waals surface area contributed by atoms with Crippen LogP contribution in [0.15, 0.2) is 47.7 Å². The number of rotatable bonds is 13. The van der Waals surface area contributed by atoms with E-state index in [1.807, 2.05) is 0 Å². The fourth-order valence-corrected chi connectivity index (χ4v) is 8.09. The van der Waals surface area contributed by atoms with Crippen molar-refractivity contribution in [2.45, 2.75) is 31.3 Å². The number of ketones is 2. The van der Waals surface area contributed by atoms with E-state index in [0.717, 1.165) is 4.70 Å². The SMILES string of the molecule is COc1ccc2nc(NC(=O)CNC(=O)CC(C3=C(O)C4(Oc5c(Cl)c(OC)cc(OC)c5C4=O)C(C)CC3=O)c3cc(OC)c(OC)c(OC)c3)sc2c1. The largest absolute Gasteiger partial charge is 0.507 e. The normalized spacial score (nSPS) is 18.1. The first kappa shape index (κ1) is 39.0. The van der Waals surface area contributed by atoms with Crippen molar-refractivity contribution in [1.82, 2.24) is 10.3 Å². The number of hydrogen-bond donors (Lipinski definition) is 3. The van der Waals surface area contributed by atoms with Gasteiger partial charge in [-0.1, -0.05) is 29.9 Å². The van der Waals surface area contributed by atoms with Crippen LogP contribution in [0.25, 0.3) is 10.2 Å². The van der Waals surface area contributed by atoms with Crippen molar-refractivity contribution >= 4 is 61.7 Å². The van der Waals surface area contributed by atoms with E-state index in [1.54, 1.807) is 32.2 Å². The summed E-state index contributed by atoms with van der Waals surface area (Å²) in [6.45, 7) is 1.14. The quantitative estimate of drug-likeness (QED) is 0.150. The first-order valence-corrected chi connectivity index (χ1v) is 18.0. The lowest BCUT2D eigenvalue weighted by Crippen LogP contribution is -2.53. The number of hydrogen-bond acceptors (Lipinski definition) is 14. The van der Waals surface area contributed by atoms with Crippen LogP contribution in [0, 0.1) is 5.92 Å². The number of fused-ring (bicyclic) bond motifs is 2. The summed E-state index contributed by atoms with van der Waals surface area (Å²) in [5.74, 6) is -3.86. The van der Waals surface area contributed by atoms with Crippen molar-refractivity contribution in [3.8, 4) is 40.2 Å². The van der Waals surface area contributed by atoms with Gasteiger partial charge >= 0.3 is 0 Å². The standard InChI is InChI=1S/C38H38ClN3O12S/c1-17-10-22(43)30(35(46)38(17)36(47)31-23(49-3)15-24(50-4)32(39)34(31)54-38)20(18-11-25(51-5)33(53-7)26(12-18)52-6)14-28(44)40-16-29(45)42-37-41-21-9-8-19(48-2)13-27(21)55-37/h8-9,11-13,15,17,20,46H,10,14,16H2,1-7H3,(H,40,44)(H,41,42,45). The van der Waals surface area contributed by atoms with Gasteiger partial charge in [-0.15, -0.1) is 0 Å². The van der Waals surface area contributed by atoms with Crippen LogP contribution < -0.4 is 43.8 Å². The number of nitrogens with one attached hydrogen (secondary N) is 2. The van der Waals surface area contributed by atoms with Crippen LogP contribution in [0.1, 0.15) is 41.6 Å². The highest BCUT2D eigenvalue weighted by atomic mass is 35.5. The summed E-state index contributed by atoms with van der Waals surface area (Å²) in [6, 6.07) is 9.79. The zero-order valence-corrected chi connectivity index (χ0v) is 32.5. The van der Waals surface area contributed by atoms with Gasteiger partial charge in [-0.05, 0) is 35.9 Å². The Bertz CT molecular complexity index is 2230. The third kappa shape index (κ3) is 6.80. The molecule has 3 unspecified atom stereocenters. The van der Waals surface area contributed by atoms with Crippen molar-refractivity contribution in [2.75, 3.05) is 54.5 Å². The van der Waals surface area contributed by atoms with Gasteiger partial charge in [0.05, 0.1) is 59.4 Å². The number of carbonyl (C=O) groups excluding carboxylic acids is 4. The third-order valence-corrected chi connectivity index (χ3v) is 10.9. The van der Waals surface area contributed by atoms with Gasteiger partial charge in [0.2, 0.25) is 28.9 Å². The summed E-state index contributed by atoms with van der Waals surface area (Å²) in [5, 5.41) is 17.8. The Morgan fingerprint density at radius 2 is 1.62 bits per heavy atom. The molecule has 0 saturated carbocycles. The van der Waals surface area contributed by atoms with Gasteiger partial charge < -0.3 is 48.9 Å². The highest BCUT2D eigenvalue weighted by molar-refractivity contribution is 7.22. The molecular formula is C38H38ClN3O12S. The number of allylic oxidation sites excluding steroid dienone is 1. The van der Waals surface area contributed by atoms with Crippen LogP contribution in [0.3, 0.4) is 0 Å². The monoisotopic (exact) mass is 795 g/mol. The van der Waals surface area contributed by atoms with Gasteiger partial charge in [0.1, 0.15) is 27.8 Å². The number of amides is 2. The van der Waals surface area contributed by atoms with Crippen LogP contribution in [0.4, 0.5) is 5.13 Å². The second-order valence-electron chi connectivity index (χ2n) is 12.6. The predicted molar refractivity (Wildman–Crippen MR) is 202 cm³/mol. The Balaban J connectivity index is 1.38. The lowest BCUT2D eigenvalue weighted by Gasteiger charge is -2.38. The van der Waals surface area contributed by atoms with Crippen LogP contribution in [0.2, 0.25) is 5.02 Å². The smallest absolute Gasteiger partial charge is 0.245 e. The molecule has 3 aromatic carbocycles. The molecule has 2 heterocycles. The second-order valence-corrected chi connectivity index (χ2v) is 14.1. The first-order valence-electron chi connectivity index (χ1n) is 16.8. The van der Waals surface area contributed by atoms with E-state index in [4.69, 9.17) is 44.8 Å². The third-order valence-electron chi connectivity index (χ3n) is 9.63. The summed E-state index contributed by atoms with van der Waals surface area (Å²) in [5.41, 5.74) is -1.48. The molecule has 6 rings (SSSR count). The van der Waals surface area contributed by atoms with E-state index < -0.39 is 59.5 Å². The molecule has 2 amide bonds. The number of anilines is 1. The number of Topliss-reactive ketones (excluding diaryl/α,β-unsaturated/α-hetero) is 2. The Morgan fingerprint density at radius 1 is 0.945 bits per heavy atom. The van der Waals surface area contributed by atoms with Gasteiger partial charge in [-0.2, -0.15) is 0 Å². The summed E-state index contributed by atoms with van der Waals surface area (Å²) >= 11 is 7.86. The molecule has 55 heavy (non-hydrogen) atoms. The number of aliphatic hydroxyl groups is 1. The maximum Gasteiger partial charge on any atom is 0.245 e. The number of thiazole rings is 1. The minimum absolute atomic E-state index is 0.0358. The molecule has 0 saturated heterocycles. The fourth-order valence-electron chi connectivity index (χ4n) is 6.91. The van der Waals surface area contributed by atoms with Crippen LogP contribution in [-0.2, 0) is 14.4 Å². The minimum atomic E-state index is -2.12. The number of nitrogens with zero attached hydrogens (tertiary/aromatic N) is 1. The number of benzene rings is 3. The van der Waals surface area contributed by atoms with Crippen LogP contribution >= 0.6 is 22.9 Å². The van der Waals surface area contributed by atoms with Crippen molar-refractivity contribution in [2.24, 2.45) is 5.92 Å². The molecule has 0 bridgehead atoms. The van der Waals surface area contributed by atoms with E-state index in [0.29, 0.717) is 22.0 Å². The molecule has 4 aromatic rings. The van der Waals surface area contributed by atoms with Crippen molar-refractivity contribution < 1.29 is 57.4 Å². The van der Waals surface area contributed by atoms with Crippen molar-refractivity contribution in [3.63, 3.8) is 0 Å². The number of halogens is 1. The zero-order valence-electron chi connectivity index (χ0n) is 30.9. The van der Waals surface area contributed by atoms with E-state index in [9.17, 15) is 24.3 Å². The maximum absolute atomic E-state index is 14.5. The average molecular weight is 796 g/mol. The predicted octanol–water partition coefficient (Wildman–Crippen LogP) is 5.67. The van der Waals surface area contributed by atoms with E-state index in [1.165, 1.54) is 65.1 Å².